The van der Waals surface area contributed by atoms with Crippen molar-refractivity contribution in [2.24, 2.45) is 0 Å². The first-order valence-corrected chi connectivity index (χ1v) is 5.94. The molecule has 0 amide bonds. The second-order valence-corrected chi connectivity index (χ2v) is 3.79. The van der Waals surface area contributed by atoms with Crippen LogP contribution in [0.2, 0.25) is 0 Å². The zero-order valence-corrected chi connectivity index (χ0v) is 10.9. The number of carbonyl (C=O) groups excluding carboxylic acids is 2. The average molecular weight is 246 g/mol. The molecule has 0 fully saturated rings. The Labute approximate surface area is 102 Å². The molecule has 5 heteroatoms. The SMILES string of the molecule is CCCCOC(C)COC(=O)CCC(=O)OC. The van der Waals surface area contributed by atoms with Gasteiger partial charge in [-0.05, 0) is 13.3 Å². The highest BCUT2D eigenvalue weighted by atomic mass is 16.6. The van der Waals surface area contributed by atoms with E-state index in [4.69, 9.17) is 9.47 Å². The fourth-order valence-electron chi connectivity index (χ4n) is 1.07. The molecule has 0 bridgehead atoms. The zero-order valence-electron chi connectivity index (χ0n) is 10.9. The van der Waals surface area contributed by atoms with Crippen LogP contribution in [0.25, 0.3) is 0 Å². The van der Waals surface area contributed by atoms with Crippen LogP contribution in [0.4, 0.5) is 0 Å². The topological polar surface area (TPSA) is 61.8 Å². The van der Waals surface area contributed by atoms with Gasteiger partial charge >= 0.3 is 11.9 Å². The van der Waals surface area contributed by atoms with Gasteiger partial charge < -0.3 is 14.2 Å². The van der Waals surface area contributed by atoms with Gasteiger partial charge in [0.05, 0.1) is 26.1 Å². The summed E-state index contributed by atoms with van der Waals surface area (Å²) in [5.41, 5.74) is 0. The lowest BCUT2D eigenvalue weighted by Crippen LogP contribution is -2.20. The molecule has 0 N–H and O–H groups in total. The van der Waals surface area contributed by atoms with Crippen LogP contribution >= 0.6 is 0 Å². The molecule has 0 spiro atoms. The quantitative estimate of drug-likeness (QED) is 0.457. The van der Waals surface area contributed by atoms with Crippen molar-refractivity contribution in [1.82, 2.24) is 0 Å². The van der Waals surface area contributed by atoms with E-state index in [1.807, 2.05) is 6.92 Å². The Balaban J connectivity index is 3.51. The Morgan fingerprint density at radius 2 is 1.82 bits per heavy atom. The van der Waals surface area contributed by atoms with Crippen molar-refractivity contribution in [2.75, 3.05) is 20.3 Å². The molecule has 0 radical (unpaired) electrons. The van der Waals surface area contributed by atoms with E-state index in [9.17, 15) is 9.59 Å². The van der Waals surface area contributed by atoms with Gasteiger partial charge in [-0.1, -0.05) is 13.3 Å². The Hall–Kier alpha value is -1.10. The molecule has 0 saturated heterocycles. The van der Waals surface area contributed by atoms with E-state index in [1.54, 1.807) is 0 Å². The average Bonchev–Trinajstić information content (AvgIpc) is 2.33. The van der Waals surface area contributed by atoms with Gasteiger partial charge in [0.1, 0.15) is 6.61 Å². The van der Waals surface area contributed by atoms with Crippen LogP contribution in [0.15, 0.2) is 0 Å². The van der Waals surface area contributed by atoms with Gasteiger partial charge in [-0.15, -0.1) is 0 Å². The van der Waals surface area contributed by atoms with E-state index in [1.165, 1.54) is 7.11 Å². The van der Waals surface area contributed by atoms with Crippen LogP contribution in [-0.4, -0.2) is 38.4 Å². The van der Waals surface area contributed by atoms with Crippen molar-refractivity contribution in [1.29, 1.82) is 0 Å². The summed E-state index contributed by atoms with van der Waals surface area (Å²) in [5.74, 6) is -0.810. The van der Waals surface area contributed by atoms with Gasteiger partial charge in [0.25, 0.3) is 0 Å². The third-order valence-corrected chi connectivity index (χ3v) is 2.14. The number of hydrogen-bond donors (Lipinski definition) is 0. The molecule has 1 unspecified atom stereocenters. The molecule has 100 valence electrons. The van der Waals surface area contributed by atoms with Gasteiger partial charge in [-0.2, -0.15) is 0 Å². The Morgan fingerprint density at radius 1 is 1.18 bits per heavy atom. The highest BCUT2D eigenvalue weighted by Gasteiger charge is 2.10. The van der Waals surface area contributed by atoms with Crippen molar-refractivity contribution in [2.45, 2.75) is 45.6 Å². The molecule has 17 heavy (non-hydrogen) atoms. The Morgan fingerprint density at radius 3 is 2.41 bits per heavy atom. The lowest BCUT2D eigenvalue weighted by Gasteiger charge is -2.12. The number of unbranched alkanes of at least 4 members (excludes halogenated alkanes) is 1. The summed E-state index contributed by atoms with van der Waals surface area (Å²) in [6.07, 6.45) is 2.07. The van der Waals surface area contributed by atoms with Crippen LogP contribution < -0.4 is 0 Å². The van der Waals surface area contributed by atoms with Crippen molar-refractivity contribution in [3.8, 4) is 0 Å². The second kappa shape index (κ2) is 10.1. The number of rotatable bonds is 9. The summed E-state index contributed by atoms with van der Waals surface area (Å²) in [4.78, 5) is 22.0. The second-order valence-electron chi connectivity index (χ2n) is 3.79. The number of carbonyl (C=O) groups is 2. The smallest absolute Gasteiger partial charge is 0.306 e. The predicted molar refractivity (Wildman–Crippen MR) is 62.5 cm³/mol. The third kappa shape index (κ3) is 9.81. The molecular formula is C12H22O5. The summed E-state index contributed by atoms with van der Waals surface area (Å²) in [6, 6.07) is 0. The first-order chi connectivity index (χ1) is 8.10. The highest BCUT2D eigenvalue weighted by Crippen LogP contribution is 1.99. The maximum absolute atomic E-state index is 11.2. The summed E-state index contributed by atoms with van der Waals surface area (Å²) in [6.45, 7) is 4.84. The molecule has 0 rings (SSSR count). The van der Waals surface area contributed by atoms with Crippen LogP contribution in [0.1, 0.15) is 39.5 Å². The molecule has 1 atom stereocenters. The first kappa shape index (κ1) is 15.9. The van der Waals surface area contributed by atoms with Gasteiger partial charge in [-0.3, -0.25) is 9.59 Å². The lowest BCUT2D eigenvalue weighted by atomic mass is 10.3. The molecule has 0 aromatic heterocycles. The van der Waals surface area contributed by atoms with Crippen molar-refractivity contribution >= 4 is 11.9 Å². The van der Waals surface area contributed by atoms with Crippen LogP contribution in [0, 0.1) is 0 Å². The van der Waals surface area contributed by atoms with Gasteiger partial charge in [0, 0.05) is 6.61 Å². The Bertz CT molecular complexity index is 227. The minimum Gasteiger partial charge on any atom is -0.469 e. The summed E-state index contributed by atoms with van der Waals surface area (Å²) < 4.78 is 14.8. The van der Waals surface area contributed by atoms with Crippen molar-refractivity contribution < 1.29 is 23.8 Å². The summed E-state index contributed by atoms with van der Waals surface area (Å²) >= 11 is 0. The van der Waals surface area contributed by atoms with Crippen LogP contribution in [0.5, 0.6) is 0 Å². The Kier molecular flexibility index (Phi) is 9.43. The molecule has 0 saturated carbocycles. The standard InChI is InChI=1S/C12H22O5/c1-4-5-8-16-10(2)9-17-12(14)7-6-11(13)15-3/h10H,4-9H2,1-3H3. The number of esters is 2. The molecule has 5 nitrogen and oxygen atoms in total. The fourth-order valence-corrected chi connectivity index (χ4v) is 1.07. The van der Waals surface area contributed by atoms with Gasteiger partial charge in [-0.25, -0.2) is 0 Å². The highest BCUT2D eigenvalue weighted by molar-refractivity contribution is 5.77. The molecule has 0 aromatic rings. The number of hydrogen-bond acceptors (Lipinski definition) is 5. The van der Waals surface area contributed by atoms with Crippen LogP contribution in [-0.2, 0) is 23.8 Å². The van der Waals surface area contributed by atoms with E-state index in [0.29, 0.717) is 6.61 Å². The predicted octanol–water partition coefficient (Wildman–Crippen LogP) is 1.69. The first-order valence-electron chi connectivity index (χ1n) is 5.94. The zero-order chi connectivity index (χ0) is 13.1. The number of methoxy groups -OCH3 is 1. The molecule has 0 aliphatic heterocycles. The molecule has 0 heterocycles. The summed E-state index contributed by atoms with van der Waals surface area (Å²) in [5, 5.41) is 0. The maximum Gasteiger partial charge on any atom is 0.306 e. The summed E-state index contributed by atoms with van der Waals surface area (Å²) in [7, 11) is 1.29. The third-order valence-electron chi connectivity index (χ3n) is 2.14. The molecule has 0 aliphatic carbocycles. The lowest BCUT2D eigenvalue weighted by molar-refractivity contribution is -0.151. The van der Waals surface area contributed by atoms with Gasteiger partial charge in [0.2, 0.25) is 0 Å². The number of ether oxygens (including phenoxy) is 3. The fraction of sp³-hybridized carbons (Fsp3) is 0.833. The molecule has 0 aliphatic rings. The largest absolute Gasteiger partial charge is 0.469 e. The normalized spacial score (nSPS) is 11.9. The van der Waals surface area contributed by atoms with Gasteiger partial charge in [0.15, 0.2) is 0 Å². The van der Waals surface area contributed by atoms with Crippen molar-refractivity contribution in [3.63, 3.8) is 0 Å². The van der Waals surface area contributed by atoms with Crippen LogP contribution in [0.3, 0.4) is 0 Å². The maximum atomic E-state index is 11.2. The van der Waals surface area contributed by atoms with E-state index in [2.05, 4.69) is 11.7 Å². The van der Waals surface area contributed by atoms with E-state index in [-0.39, 0.29) is 25.6 Å². The van der Waals surface area contributed by atoms with E-state index in [0.717, 1.165) is 12.8 Å². The van der Waals surface area contributed by atoms with Crippen molar-refractivity contribution in [3.05, 3.63) is 0 Å². The minimum absolute atomic E-state index is 0.0500. The molecule has 0 aromatic carbocycles. The van der Waals surface area contributed by atoms with E-state index >= 15 is 0 Å². The monoisotopic (exact) mass is 246 g/mol. The van der Waals surface area contributed by atoms with E-state index < -0.39 is 11.9 Å². The minimum atomic E-state index is -0.408. The molecular weight excluding hydrogens is 224 g/mol.